The lowest BCUT2D eigenvalue weighted by molar-refractivity contribution is -0.0588. The smallest absolute Gasteiger partial charge is 0.243 e. The summed E-state index contributed by atoms with van der Waals surface area (Å²) in [5.74, 6) is -1.89. The Bertz CT molecular complexity index is 585. The molecule has 1 fully saturated rings. The molecule has 0 spiro atoms. The van der Waals surface area contributed by atoms with Gasteiger partial charge in [0.15, 0.2) is 0 Å². The largest absolute Gasteiger partial charge is 0.388 e. The Kier molecular flexibility index (Phi) is 4.38. The van der Waals surface area contributed by atoms with Gasteiger partial charge in [-0.05, 0) is 18.2 Å². The lowest BCUT2D eigenvalue weighted by atomic mass is 9.95. The van der Waals surface area contributed by atoms with Crippen LogP contribution < -0.4 is 4.72 Å². The van der Waals surface area contributed by atoms with Crippen molar-refractivity contribution in [3.63, 3.8) is 0 Å². The summed E-state index contributed by atoms with van der Waals surface area (Å²) in [5, 5.41) is 10.1. The molecule has 20 heavy (non-hydrogen) atoms. The normalized spacial score (nSPS) is 18.9. The van der Waals surface area contributed by atoms with E-state index in [1.165, 1.54) is 0 Å². The molecule has 0 unspecified atom stereocenters. The van der Waals surface area contributed by atoms with Crippen LogP contribution in [0.5, 0.6) is 0 Å². The lowest BCUT2D eigenvalue weighted by Crippen LogP contribution is -2.46. The van der Waals surface area contributed by atoms with Crippen LogP contribution in [0.1, 0.15) is 12.8 Å². The van der Waals surface area contributed by atoms with E-state index in [0.29, 0.717) is 19.3 Å². The van der Waals surface area contributed by atoms with Crippen LogP contribution in [0, 0.1) is 11.6 Å². The van der Waals surface area contributed by atoms with Gasteiger partial charge < -0.3 is 9.84 Å². The summed E-state index contributed by atoms with van der Waals surface area (Å²) in [6, 6.07) is 2.18. The average Bonchev–Trinajstić information content (AvgIpc) is 2.40. The van der Waals surface area contributed by atoms with Gasteiger partial charge in [-0.25, -0.2) is 21.9 Å². The third-order valence-corrected chi connectivity index (χ3v) is 4.61. The summed E-state index contributed by atoms with van der Waals surface area (Å²) in [4.78, 5) is -0.770. The molecule has 8 heteroatoms. The highest BCUT2D eigenvalue weighted by Crippen LogP contribution is 2.21. The maximum atomic E-state index is 13.5. The minimum Gasteiger partial charge on any atom is -0.388 e. The van der Waals surface area contributed by atoms with Crippen molar-refractivity contribution in [2.45, 2.75) is 23.3 Å². The fraction of sp³-hybridized carbons (Fsp3) is 0.500. The highest BCUT2D eigenvalue weighted by Gasteiger charge is 2.32. The van der Waals surface area contributed by atoms with Gasteiger partial charge in [0.05, 0.1) is 5.60 Å². The Morgan fingerprint density at radius 2 is 1.95 bits per heavy atom. The second-order valence-corrected chi connectivity index (χ2v) is 6.47. The standard InChI is InChI=1S/C12H15F2NO4S/c13-9-1-2-10(14)11(7-9)20(17,18)15-8-12(16)3-5-19-6-4-12/h1-2,7,15-16H,3-6,8H2. The third-order valence-electron chi connectivity index (χ3n) is 3.20. The van der Waals surface area contributed by atoms with Gasteiger partial charge in [-0.15, -0.1) is 0 Å². The molecule has 2 N–H and O–H groups in total. The van der Waals surface area contributed by atoms with Crippen LogP contribution in [0.15, 0.2) is 23.1 Å². The minimum absolute atomic E-state index is 0.269. The highest BCUT2D eigenvalue weighted by molar-refractivity contribution is 7.89. The molecule has 1 aliphatic rings. The molecule has 1 saturated heterocycles. The van der Waals surface area contributed by atoms with Gasteiger partial charge in [-0.1, -0.05) is 0 Å². The van der Waals surface area contributed by atoms with Crippen LogP contribution >= 0.6 is 0 Å². The number of benzene rings is 1. The maximum Gasteiger partial charge on any atom is 0.243 e. The first-order valence-electron chi connectivity index (χ1n) is 6.07. The summed E-state index contributed by atoms with van der Waals surface area (Å²) >= 11 is 0. The van der Waals surface area contributed by atoms with Gasteiger partial charge in [0.25, 0.3) is 0 Å². The van der Waals surface area contributed by atoms with Gasteiger partial charge in [0, 0.05) is 32.6 Å². The Morgan fingerprint density at radius 3 is 2.60 bits per heavy atom. The van der Waals surface area contributed by atoms with Crippen LogP contribution in [-0.4, -0.2) is 38.9 Å². The van der Waals surface area contributed by atoms with Crippen molar-refractivity contribution in [1.82, 2.24) is 4.72 Å². The SMILES string of the molecule is O=S(=O)(NCC1(O)CCOCC1)c1cc(F)ccc1F. The number of aliphatic hydroxyl groups is 1. The Morgan fingerprint density at radius 1 is 1.30 bits per heavy atom. The van der Waals surface area contributed by atoms with Gasteiger partial charge in [-0.2, -0.15) is 0 Å². The molecular formula is C12H15F2NO4S. The average molecular weight is 307 g/mol. The second-order valence-electron chi connectivity index (χ2n) is 4.74. The molecule has 1 aliphatic heterocycles. The van der Waals surface area contributed by atoms with E-state index in [1.54, 1.807) is 0 Å². The molecule has 0 radical (unpaired) electrons. The Balaban J connectivity index is 2.13. The Labute approximate surface area is 115 Å². The predicted octanol–water partition coefficient (Wildman–Crippen LogP) is 0.785. The number of halogens is 2. The van der Waals surface area contributed by atoms with E-state index in [1.807, 2.05) is 0 Å². The van der Waals surface area contributed by atoms with Crippen molar-refractivity contribution in [2.24, 2.45) is 0 Å². The number of hydrogen-bond donors (Lipinski definition) is 2. The fourth-order valence-corrected chi connectivity index (χ4v) is 3.13. The van der Waals surface area contributed by atoms with Gasteiger partial charge in [0.2, 0.25) is 10.0 Å². The van der Waals surface area contributed by atoms with Crippen molar-refractivity contribution in [3.05, 3.63) is 29.8 Å². The second kappa shape index (κ2) is 5.72. The minimum atomic E-state index is -4.22. The van der Waals surface area contributed by atoms with Crippen LogP contribution in [-0.2, 0) is 14.8 Å². The van der Waals surface area contributed by atoms with Crippen molar-refractivity contribution >= 4 is 10.0 Å². The summed E-state index contributed by atoms with van der Waals surface area (Å²) in [5.41, 5.74) is -1.23. The molecule has 1 aromatic rings. The molecular weight excluding hydrogens is 292 g/mol. The van der Waals surface area contributed by atoms with E-state index in [2.05, 4.69) is 4.72 Å². The molecule has 0 amide bonds. The zero-order valence-electron chi connectivity index (χ0n) is 10.6. The molecule has 5 nitrogen and oxygen atoms in total. The molecule has 0 saturated carbocycles. The molecule has 0 aliphatic carbocycles. The first-order valence-corrected chi connectivity index (χ1v) is 7.56. The maximum absolute atomic E-state index is 13.5. The van der Waals surface area contributed by atoms with Crippen LogP contribution in [0.25, 0.3) is 0 Å². The van der Waals surface area contributed by atoms with E-state index in [0.717, 1.165) is 12.1 Å². The van der Waals surface area contributed by atoms with Crippen LogP contribution in [0.3, 0.4) is 0 Å². The van der Waals surface area contributed by atoms with E-state index < -0.39 is 32.2 Å². The molecule has 2 rings (SSSR count). The van der Waals surface area contributed by atoms with E-state index in [-0.39, 0.29) is 19.4 Å². The zero-order valence-corrected chi connectivity index (χ0v) is 11.4. The highest BCUT2D eigenvalue weighted by atomic mass is 32.2. The fourth-order valence-electron chi connectivity index (χ4n) is 1.92. The van der Waals surface area contributed by atoms with E-state index in [9.17, 15) is 22.3 Å². The van der Waals surface area contributed by atoms with Gasteiger partial charge >= 0.3 is 0 Å². The van der Waals surface area contributed by atoms with Crippen molar-refractivity contribution in [2.75, 3.05) is 19.8 Å². The molecule has 1 heterocycles. The van der Waals surface area contributed by atoms with Crippen LogP contribution in [0.2, 0.25) is 0 Å². The lowest BCUT2D eigenvalue weighted by Gasteiger charge is -2.31. The molecule has 1 aromatic carbocycles. The molecule has 0 atom stereocenters. The van der Waals surface area contributed by atoms with Crippen molar-refractivity contribution < 1.29 is 27.0 Å². The number of sulfonamides is 1. The molecule has 112 valence electrons. The molecule has 0 aromatic heterocycles. The van der Waals surface area contributed by atoms with Crippen molar-refractivity contribution in [1.29, 1.82) is 0 Å². The Hall–Kier alpha value is -1.09. The first kappa shape index (κ1) is 15.3. The quantitative estimate of drug-likeness (QED) is 0.862. The summed E-state index contributed by atoms with van der Waals surface area (Å²) < 4.78 is 57.5. The monoisotopic (exact) mass is 307 g/mol. The summed E-state index contributed by atoms with van der Waals surface area (Å²) in [6.07, 6.45) is 0.558. The number of rotatable bonds is 4. The number of nitrogens with one attached hydrogen (secondary N) is 1. The number of hydrogen-bond acceptors (Lipinski definition) is 4. The van der Waals surface area contributed by atoms with Gasteiger partial charge in [-0.3, -0.25) is 0 Å². The van der Waals surface area contributed by atoms with Crippen LogP contribution in [0.4, 0.5) is 8.78 Å². The van der Waals surface area contributed by atoms with Crippen molar-refractivity contribution in [3.8, 4) is 0 Å². The molecule has 0 bridgehead atoms. The zero-order chi connectivity index (χ0) is 14.8. The van der Waals surface area contributed by atoms with Gasteiger partial charge in [0.1, 0.15) is 16.5 Å². The summed E-state index contributed by atoms with van der Waals surface area (Å²) in [6.45, 7) is 0.383. The third kappa shape index (κ3) is 3.51. The van der Waals surface area contributed by atoms with E-state index in [4.69, 9.17) is 4.74 Å². The first-order chi connectivity index (χ1) is 9.32. The number of ether oxygens (including phenoxy) is 1. The predicted molar refractivity (Wildman–Crippen MR) is 66.5 cm³/mol. The summed E-state index contributed by atoms with van der Waals surface area (Å²) in [7, 11) is -4.22. The van der Waals surface area contributed by atoms with E-state index >= 15 is 0 Å². The topological polar surface area (TPSA) is 75.6 Å².